The van der Waals surface area contributed by atoms with Gasteiger partial charge in [0.2, 0.25) is 5.91 Å². The fourth-order valence-electron chi connectivity index (χ4n) is 3.76. The summed E-state index contributed by atoms with van der Waals surface area (Å²) in [6.45, 7) is 8.38. The Bertz CT molecular complexity index is 845. The van der Waals surface area contributed by atoms with Gasteiger partial charge < -0.3 is 19.9 Å². The summed E-state index contributed by atoms with van der Waals surface area (Å²) in [4.78, 5) is 16.8. The predicted octanol–water partition coefficient (Wildman–Crippen LogP) is 2.31. The number of nitrogens with one attached hydrogen (secondary N) is 1. The van der Waals surface area contributed by atoms with E-state index in [9.17, 15) is 9.90 Å². The molecule has 168 valence electrons. The van der Waals surface area contributed by atoms with Gasteiger partial charge in [-0.25, -0.2) is 0 Å². The number of aliphatic hydroxyl groups excluding tert-OH is 1. The molecule has 1 saturated heterocycles. The van der Waals surface area contributed by atoms with E-state index < -0.39 is 6.10 Å². The Morgan fingerprint density at radius 2 is 1.65 bits per heavy atom. The molecule has 0 saturated carbocycles. The first kappa shape index (κ1) is 23.1. The highest BCUT2D eigenvalue weighted by Crippen LogP contribution is 2.20. The number of rotatable bonds is 9. The van der Waals surface area contributed by atoms with E-state index in [-0.39, 0.29) is 12.5 Å². The third-order valence-corrected chi connectivity index (χ3v) is 5.53. The van der Waals surface area contributed by atoms with Crippen LogP contribution >= 0.6 is 0 Å². The van der Waals surface area contributed by atoms with Gasteiger partial charge in [-0.3, -0.25) is 14.6 Å². The lowest BCUT2D eigenvalue weighted by Crippen LogP contribution is -2.50. The molecule has 2 aromatic carbocycles. The zero-order valence-electron chi connectivity index (χ0n) is 18.6. The zero-order valence-corrected chi connectivity index (χ0v) is 18.6. The Morgan fingerprint density at radius 3 is 2.32 bits per heavy atom. The van der Waals surface area contributed by atoms with Crippen molar-refractivity contribution in [1.29, 1.82) is 0 Å². The highest BCUT2D eigenvalue weighted by Gasteiger charge is 2.21. The molecule has 0 radical (unpaired) electrons. The van der Waals surface area contributed by atoms with Gasteiger partial charge in [0.25, 0.3) is 0 Å². The van der Waals surface area contributed by atoms with E-state index in [0.29, 0.717) is 18.8 Å². The number of anilines is 1. The van der Waals surface area contributed by atoms with Crippen molar-refractivity contribution in [3.63, 3.8) is 0 Å². The van der Waals surface area contributed by atoms with Crippen LogP contribution in [0.1, 0.15) is 11.1 Å². The summed E-state index contributed by atoms with van der Waals surface area (Å²) in [6, 6.07) is 13.4. The number of methoxy groups -OCH3 is 1. The van der Waals surface area contributed by atoms with Gasteiger partial charge in [0.1, 0.15) is 24.2 Å². The van der Waals surface area contributed by atoms with E-state index in [1.165, 1.54) is 0 Å². The molecule has 2 aromatic rings. The smallest absolute Gasteiger partial charge is 0.238 e. The lowest BCUT2D eigenvalue weighted by molar-refractivity contribution is -0.117. The molecule has 1 aliphatic rings. The van der Waals surface area contributed by atoms with Crippen LogP contribution in [-0.4, -0.2) is 79.9 Å². The average molecular weight is 428 g/mol. The summed E-state index contributed by atoms with van der Waals surface area (Å²) >= 11 is 0. The highest BCUT2D eigenvalue weighted by molar-refractivity contribution is 5.93. The summed E-state index contributed by atoms with van der Waals surface area (Å²) in [5, 5.41) is 13.4. The Kier molecular flexibility index (Phi) is 8.28. The van der Waals surface area contributed by atoms with Crippen LogP contribution in [0.3, 0.4) is 0 Å². The van der Waals surface area contributed by atoms with Gasteiger partial charge in [-0.15, -0.1) is 0 Å². The Balaban J connectivity index is 1.37. The monoisotopic (exact) mass is 427 g/mol. The fraction of sp³-hybridized carbons (Fsp3) is 0.458. The summed E-state index contributed by atoms with van der Waals surface area (Å²) in [5.41, 5.74) is 3.05. The first-order chi connectivity index (χ1) is 14.9. The number of ether oxygens (including phenoxy) is 2. The molecule has 2 N–H and O–H groups in total. The van der Waals surface area contributed by atoms with Gasteiger partial charge >= 0.3 is 0 Å². The van der Waals surface area contributed by atoms with E-state index in [4.69, 9.17) is 9.47 Å². The van der Waals surface area contributed by atoms with Crippen LogP contribution < -0.4 is 14.8 Å². The highest BCUT2D eigenvalue weighted by atomic mass is 16.5. The second kappa shape index (κ2) is 11.1. The Labute approximate surface area is 184 Å². The number of nitrogens with zero attached hydrogens (tertiary/aromatic N) is 2. The molecule has 31 heavy (non-hydrogen) atoms. The van der Waals surface area contributed by atoms with Crippen molar-refractivity contribution in [3.05, 3.63) is 53.6 Å². The summed E-state index contributed by atoms with van der Waals surface area (Å²) in [5.74, 6) is 1.42. The van der Waals surface area contributed by atoms with Crippen molar-refractivity contribution < 1.29 is 19.4 Å². The third kappa shape index (κ3) is 6.95. The number of carbonyl (C=O) groups excluding carboxylic acids is 1. The minimum Gasteiger partial charge on any atom is -0.497 e. The van der Waals surface area contributed by atoms with Gasteiger partial charge in [-0.05, 0) is 37.1 Å². The lowest BCUT2D eigenvalue weighted by atomic mass is 10.1. The number of β-amino-alcohol motifs (C(OH)–C–C–N with tert-alkyl or cyclic N) is 1. The van der Waals surface area contributed by atoms with Crippen LogP contribution in [0, 0.1) is 13.8 Å². The molecule has 0 aliphatic carbocycles. The minimum atomic E-state index is -0.579. The lowest BCUT2D eigenvalue weighted by Gasteiger charge is -2.35. The summed E-state index contributed by atoms with van der Waals surface area (Å²) in [7, 11) is 1.61. The number of amides is 1. The molecule has 0 aromatic heterocycles. The first-order valence-electron chi connectivity index (χ1n) is 10.7. The Morgan fingerprint density at radius 1 is 1.03 bits per heavy atom. The van der Waals surface area contributed by atoms with Crippen molar-refractivity contribution in [3.8, 4) is 11.5 Å². The average Bonchev–Trinajstić information content (AvgIpc) is 2.76. The van der Waals surface area contributed by atoms with E-state index in [1.54, 1.807) is 13.2 Å². The largest absolute Gasteiger partial charge is 0.497 e. The summed E-state index contributed by atoms with van der Waals surface area (Å²) in [6.07, 6.45) is -0.579. The molecule has 0 spiro atoms. The number of piperazine rings is 1. The third-order valence-electron chi connectivity index (χ3n) is 5.53. The van der Waals surface area contributed by atoms with Crippen molar-refractivity contribution >= 4 is 11.6 Å². The van der Waals surface area contributed by atoms with Crippen LogP contribution in [-0.2, 0) is 4.79 Å². The van der Waals surface area contributed by atoms with E-state index in [2.05, 4.69) is 15.1 Å². The molecule has 0 bridgehead atoms. The van der Waals surface area contributed by atoms with Crippen LogP contribution in [0.25, 0.3) is 0 Å². The number of aliphatic hydroxyl groups is 1. The number of aryl methyl sites for hydroxylation is 2. The maximum Gasteiger partial charge on any atom is 0.238 e. The standard InChI is InChI=1S/C24H33N3O4/c1-18-6-4-7-19(2)24(18)25-23(29)16-27-12-10-26(11-13-27)15-20(28)17-31-22-9-5-8-21(14-22)30-3/h4-9,14,20,28H,10-13,15-17H2,1-3H3,(H,25,29)/t20-/m1/s1. The van der Waals surface area contributed by atoms with E-state index >= 15 is 0 Å². The van der Waals surface area contributed by atoms with Crippen LogP contribution in [0.2, 0.25) is 0 Å². The molecule has 7 heteroatoms. The second-order valence-corrected chi connectivity index (χ2v) is 8.04. The van der Waals surface area contributed by atoms with Crippen molar-refractivity contribution in [1.82, 2.24) is 9.80 Å². The number of hydrogen-bond acceptors (Lipinski definition) is 6. The Hall–Kier alpha value is -2.61. The van der Waals surface area contributed by atoms with Gasteiger partial charge in [-0.2, -0.15) is 0 Å². The summed E-state index contributed by atoms with van der Waals surface area (Å²) < 4.78 is 10.9. The molecular weight excluding hydrogens is 394 g/mol. The maximum absolute atomic E-state index is 12.5. The van der Waals surface area contributed by atoms with Crippen molar-refractivity contribution in [2.45, 2.75) is 20.0 Å². The molecule has 1 amide bonds. The van der Waals surface area contributed by atoms with Gasteiger partial charge in [0.15, 0.2) is 0 Å². The molecule has 1 atom stereocenters. The minimum absolute atomic E-state index is 0.0116. The topological polar surface area (TPSA) is 74.3 Å². The second-order valence-electron chi connectivity index (χ2n) is 8.04. The van der Waals surface area contributed by atoms with Crippen LogP contribution in [0.4, 0.5) is 5.69 Å². The molecule has 1 fully saturated rings. The van der Waals surface area contributed by atoms with Crippen molar-refractivity contribution in [2.75, 3.05) is 58.3 Å². The van der Waals surface area contributed by atoms with Crippen LogP contribution in [0.15, 0.2) is 42.5 Å². The number of hydrogen-bond donors (Lipinski definition) is 2. The molecule has 0 unspecified atom stereocenters. The zero-order chi connectivity index (χ0) is 22.2. The molecule has 3 rings (SSSR count). The molecule has 7 nitrogen and oxygen atoms in total. The SMILES string of the molecule is COc1cccc(OC[C@H](O)CN2CCN(CC(=O)Nc3c(C)cccc3C)CC2)c1. The van der Waals surface area contributed by atoms with Crippen molar-refractivity contribution in [2.24, 2.45) is 0 Å². The van der Waals surface area contributed by atoms with E-state index in [0.717, 1.165) is 48.7 Å². The predicted molar refractivity (Wildman–Crippen MR) is 122 cm³/mol. The van der Waals surface area contributed by atoms with Gasteiger partial charge in [0, 0.05) is 44.5 Å². The quantitative estimate of drug-likeness (QED) is 0.640. The number of benzene rings is 2. The van der Waals surface area contributed by atoms with Gasteiger partial charge in [-0.1, -0.05) is 24.3 Å². The number of para-hydroxylation sites is 1. The maximum atomic E-state index is 12.5. The first-order valence-corrected chi connectivity index (χ1v) is 10.7. The molecule has 1 heterocycles. The van der Waals surface area contributed by atoms with Gasteiger partial charge in [0.05, 0.1) is 13.7 Å². The molecular formula is C24H33N3O4. The van der Waals surface area contributed by atoms with E-state index in [1.807, 2.05) is 50.2 Å². The fourth-order valence-corrected chi connectivity index (χ4v) is 3.76. The van der Waals surface area contributed by atoms with Crippen LogP contribution in [0.5, 0.6) is 11.5 Å². The number of carbonyl (C=O) groups is 1. The molecule has 1 aliphatic heterocycles. The normalized spacial score (nSPS) is 16.0.